The standard InChI is InChI=1S/C44H26OS/c1-2-12-28(13-3-1)37-26-46-44-35(37)24-25-39-43(44)42-36(22-11-23-38(42)45-39)41-33-19-8-6-17-31(33)40(32-18-7-9-20-34(32)41)30-21-10-15-27-14-4-5-16-29(27)30/h1-26H. The lowest BCUT2D eigenvalue weighted by molar-refractivity contribution is 0.669. The fourth-order valence-electron chi connectivity index (χ4n) is 7.60. The second kappa shape index (κ2) is 9.90. The van der Waals surface area contributed by atoms with Crippen molar-refractivity contribution < 1.29 is 4.42 Å². The van der Waals surface area contributed by atoms with Gasteiger partial charge >= 0.3 is 0 Å². The summed E-state index contributed by atoms with van der Waals surface area (Å²) < 4.78 is 7.88. The van der Waals surface area contributed by atoms with Gasteiger partial charge in [-0.25, -0.2) is 0 Å². The van der Waals surface area contributed by atoms with Gasteiger partial charge in [-0.2, -0.15) is 0 Å². The molecule has 0 spiro atoms. The molecule has 0 aliphatic rings. The minimum absolute atomic E-state index is 0.918. The van der Waals surface area contributed by atoms with Gasteiger partial charge in [0.15, 0.2) is 0 Å². The van der Waals surface area contributed by atoms with E-state index in [1.165, 1.54) is 86.6 Å². The van der Waals surface area contributed by atoms with Crippen LogP contribution in [0, 0.1) is 0 Å². The molecule has 0 aliphatic carbocycles. The maximum absolute atomic E-state index is 6.61. The van der Waals surface area contributed by atoms with Gasteiger partial charge in [-0.1, -0.05) is 133 Å². The first kappa shape index (κ1) is 25.6. The molecule has 0 amide bonds. The van der Waals surface area contributed by atoms with Crippen molar-refractivity contribution in [3.8, 4) is 33.4 Å². The Bertz CT molecular complexity index is 2740. The molecular weight excluding hydrogens is 577 g/mol. The van der Waals surface area contributed by atoms with E-state index >= 15 is 0 Å². The lowest BCUT2D eigenvalue weighted by Crippen LogP contribution is -1.92. The molecule has 2 heteroatoms. The first-order valence-electron chi connectivity index (χ1n) is 15.7. The number of fused-ring (bicyclic) bond motifs is 8. The van der Waals surface area contributed by atoms with Gasteiger partial charge in [0.25, 0.3) is 0 Å². The Morgan fingerprint density at radius 2 is 0.935 bits per heavy atom. The Hall–Kier alpha value is -5.70. The average molecular weight is 603 g/mol. The third kappa shape index (κ3) is 3.62. The number of hydrogen-bond acceptors (Lipinski definition) is 2. The number of furan rings is 1. The molecule has 10 aromatic rings. The lowest BCUT2D eigenvalue weighted by Gasteiger charge is -2.19. The smallest absolute Gasteiger partial charge is 0.136 e. The lowest BCUT2D eigenvalue weighted by atomic mass is 9.84. The van der Waals surface area contributed by atoms with Crippen molar-refractivity contribution in [3.63, 3.8) is 0 Å². The van der Waals surface area contributed by atoms with Crippen LogP contribution in [0.2, 0.25) is 0 Å². The minimum Gasteiger partial charge on any atom is -0.456 e. The first-order chi connectivity index (χ1) is 22.8. The summed E-state index contributed by atoms with van der Waals surface area (Å²) in [6.45, 7) is 0. The fraction of sp³-hybridized carbons (Fsp3) is 0. The molecule has 0 aliphatic heterocycles. The maximum Gasteiger partial charge on any atom is 0.136 e. The van der Waals surface area contributed by atoms with Gasteiger partial charge in [0.1, 0.15) is 11.2 Å². The third-order valence-electron chi connectivity index (χ3n) is 9.54. The summed E-state index contributed by atoms with van der Waals surface area (Å²) in [6, 6.07) is 54.8. The zero-order valence-corrected chi connectivity index (χ0v) is 25.6. The molecule has 0 saturated heterocycles. The summed E-state index contributed by atoms with van der Waals surface area (Å²) in [5.74, 6) is 0. The van der Waals surface area contributed by atoms with Crippen LogP contribution in [-0.4, -0.2) is 0 Å². The van der Waals surface area contributed by atoms with Crippen LogP contribution in [-0.2, 0) is 0 Å². The van der Waals surface area contributed by atoms with E-state index in [0.717, 1.165) is 11.2 Å². The van der Waals surface area contributed by atoms with Gasteiger partial charge in [-0.05, 0) is 83.7 Å². The Labute approximate surface area is 269 Å². The summed E-state index contributed by atoms with van der Waals surface area (Å²) in [7, 11) is 0. The highest BCUT2D eigenvalue weighted by molar-refractivity contribution is 7.19. The number of hydrogen-bond donors (Lipinski definition) is 0. The van der Waals surface area contributed by atoms with E-state index in [9.17, 15) is 0 Å². The summed E-state index contributed by atoms with van der Waals surface area (Å²) in [5, 5.41) is 13.5. The van der Waals surface area contributed by atoms with E-state index in [2.05, 4.69) is 157 Å². The zero-order chi connectivity index (χ0) is 30.2. The Balaban J connectivity index is 1.35. The number of rotatable bonds is 3. The highest BCUT2D eigenvalue weighted by Gasteiger charge is 2.22. The van der Waals surface area contributed by atoms with E-state index in [1.54, 1.807) is 0 Å². The maximum atomic E-state index is 6.61. The molecule has 0 bridgehead atoms. The molecule has 2 heterocycles. The number of benzene rings is 8. The van der Waals surface area contributed by atoms with Crippen LogP contribution in [0.1, 0.15) is 0 Å². The highest BCUT2D eigenvalue weighted by Crippen LogP contribution is 2.49. The topological polar surface area (TPSA) is 13.1 Å². The largest absolute Gasteiger partial charge is 0.456 e. The second-order valence-electron chi connectivity index (χ2n) is 12.0. The van der Waals surface area contributed by atoms with Crippen LogP contribution in [0.15, 0.2) is 161 Å². The van der Waals surface area contributed by atoms with Crippen LogP contribution in [0.4, 0.5) is 0 Å². The first-order valence-corrected chi connectivity index (χ1v) is 16.6. The van der Waals surface area contributed by atoms with Crippen LogP contribution < -0.4 is 0 Å². The van der Waals surface area contributed by atoms with Gasteiger partial charge in [0.2, 0.25) is 0 Å². The van der Waals surface area contributed by atoms with Crippen molar-refractivity contribution in [1.29, 1.82) is 0 Å². The Morgan fingerprint density at radius 1 is 0.370 bits per heavy atom. The van der Waals surface area contributed by atoms with E-state index in [0.29, 0.717) is 0 Å². The SMILES string of the molecule is c1ccc(-c2csc3c2ccc2oc4cccc(-c5c6ccccc6c(-c6cccc7ccccc67)c6ccccc56)c4c23)cc1. The quantitative estimate of drug-likeness (QED) is 0.183. The van der Waals surface area contributed by atoms with E-state index in [1.807, 2.05) is 11.3 Å². The molecular formula is C44H26OS. The molecule has 1 nitrogen and oxygen atoms in total. The molecule has 8 aromatic carbocycles. The van der Waals surface area contributed by atoms with Crippen molar-refractivity contribution in [2.75, 3.05) is 0 Å². The normalized spacial score (nSPS) is 11.9. The van der Waals surface area contributed by atoms with Gasteiger partial charge < -0.3 is 4.42 Å². The van der Waals surface area contributed by atoms with Gasteiger partial charge in [0, 0.05) is 26.4 Å². The molecule has 0 fully saturated rings. The van der Waals surface area contributed by atoms with Crippen LogP contribution in [0.3, 0.4) is 0 Å². The predicted octanol–water partition coefficient (Wildman–Crippen LogP) is 13.3. The van der Waals surface area contributed by atoms with Crippen LogP contribution in [0.25, 0.3) is 97.7 Å². The van der Waals surface area contributed by atoms with E-state index < -0.39 is 0 Å². The zero-order valence-electron chi connectivity index (χ0n) is 24.8. The summed E-state index contributed by atoms with van der Waals surface area (Å²) >= 11 is 1.81. The molecule has 0 N–H and O–H groups in total. The predicted molar refractivity (Wildman–Crippen MR) is 198 cm³/mol. The summed E-state index contributed by atoms with van der Waals surface area (Å²) in [4.78, 5) is 0. The molecule has 0 unspecified atom stereocenters. The number of thiophene rings is 1. The van der Waals surface area contributed by atoms with Crippen molar-refractivity contribution in [2.45, 2.75) is 0 Å². The van der Waals surface area contributed by atoms with E-state index in [4.69, 9.17) is 4.42 Å². The minimum atomic E-state index is 0.918. The second-order valence-corrected chi connectivity index (χ2v) is 12.9. The molecule has 10 rings (SSSR count). The highest BCUT2D eigenvalue weighted by atomic mass is 32.1. The van der Waals surface area contributed by atoms with Crippen LogP contribution >= 0.6 is 11.3 Å². The molecule has 0 saturated carbocycles. The van der Waals surface area contributed by atoms with Crippen molar-refractivity contribution in [1.82, 2.24) is 0 Å². The van der Waals surface area contributed by atoms with Gasteiger partial charge in [-0.3, -0.25) is 0 Å². The average Bonchev–Trinajstić information content (AvgIpc) is 3.73. The van der Waals surface area contributed by atoms with Crippen molar-refractivity contribution >= 4 is 75.7 Å². The molecule has 214 valence electrons. The van der Waals surface area contributed by atoms with Crippen molar-refractivity contribution in [3.05, 3.63) is 157 Å². The molecule has 0 atom stereocenters. The fourth-order valence-corrected chi connectivity index (χ4v) is 8.72. The molecule has 0 radical (unpaired) electrons. The third-order valence-corrected chi connectivity index (χ3v) is 10.6. The summed E-state index contributed by atoms with van der Waals surface area (Å²) in [5.41, 5.74) is 9.35. The van der Waals surface area contributed by atoms with Gasteiger partial charge in [-0.15, -0.1) is 11.3 Å². The molecule has 46 heavy (non-hydrogen) atoms. The van der Waals surface area contributed by atoms with Crippen molar-refractivity contribution in [2.24, 2.45) is 0 Å². The molecule has 2 aromatic heterocycles. The van der Waals surface area contributed by atoms with Crippen LogP contribution in [0.5, 0.6) is 0 Å². The monoisotopic (exact) mass is 602 g/mol. The Morgan fingerprint density at radius 3 is 1.67 bits per heavy atom. The Kier molecular flexibility index (Phi) is 5.51. The summed E-state index contributed by atoms with van der Waals surface area (Å²) in [6.07, 6.45) is 0. The van der Waals surface area contributed by atoms with Gasteiger partial charge in [0.05, 0.1) is 0 Å². The van der Waals surface area contributed by atoms with E-state index in [-0.39, 0.29) is 0 Å².